The van der Waals surface area contributed by atoms with E-state index >= 15 is 0 Å². The van der Waals surface area contributed by atoms with Gasteiger partial charge < -0.3 is 4.74 Å². The Morgan fingerprint density at radius 2 is 1.62 bits per heavy atom. The van der Waals surface area contributed by atoms with E-state index in [0.717, 1.165) is 19.3 Å². The highest BCUT2D eigenvalue weighted by molar-refractivity contribution is 5.81. The summed E-state index contributed by atoms with van der Waals surface area (Å²) in [4.78, 5) is 10.9. The molecule has 0 aliphatic rings. The molecule has 0 aliphatic carbocycles. The molecule has 0 amide bonds. The Labute approximate surface area is 126 Å². The molecule has 0 spiro atoms. The van der Waals surface area contributed by atoms with Crippen molar-refractivity contribution in [2.45, 2.75) is 19.3 Å². The Morgan fingerprint density at radius 3 is 2.29 bits per heavy atom. The molecule has 0 heterocycles. The summed E-state index contributed by atoms with van der Waals surface area (Å²) >= 11 is 0. The van der Waals surface area contributed by atoms with Gasteiger partial charge in [0.05, 0.1) is 6.61 Å². The number of carbonyl (C=O) groups excluding carboxylic acids is 1. The van der Waals surface area contributed by atoms with Crippen LogP contribution >= 0.6 is 0 Å². The third-order valence-corrected chi connectivity index (χ3v) is 3.33. The number of esters is 1. The summed E-state index contributed by atoms with van der Waals surface area (Å²) in [6.45, 7) is 3.83. The summed E-state index contributed by atoms with van der Waals surface area (Å²) in [5.41, 5.74) is 3.78. The predicted molar refractivity (Wildman–Crippen MR) is 86.0 cm³/mol. The SMILES string of the molecule is C=CC(=O)OCCCCc1ccc(-c2ccccc2)cc1. The van der Waals surface area contributed by atoms with Gasteiger partial charge >= 0.3 is 5.97 Å². The van der Waals surface area contributed by atoms with Crippen molar-refractivity contribution < 1.29 is 9.53 Å². The lowest BCUT2D eigenvalue weighted by Gasteiger charge is -2.05. The van der Waals surface area contributed by atoms with Gasteiger partial charge in [0.1, 0.15) is 0 Å². The van der Waals surface area contributed by atoms with Crippen molar-refractivity contribution in [3.8, 4) is 11.1 Å². The molecule has 0 unspecified atom stereocenters. The fourth-order valence-corrected chi connectivity index (χ4v) is 2.16. The monoisotopic (exact) mass is 280 g/mol. The van der Waals surface area contributed by atoms with Crippen LogP contribution in [0.25, 0.3) is 11.1 Å². The molecule has 2 aromatic carbocycles. The zero-order valence-electron chi connectivity index (χ0n) is 12.1. The molecule has 0 fully saturated rings. The average molecular weight is 280 g/mol. The largest absolute Gasteiger partial charge is 0.463 e. The molecule has 108 valence electrons. The molecule has 0 N–H and O–H groups in total. The minimum absolute atomic E-state index is 0.345. The van der Waals surface area contributed by atoms with E-state index in [-0.39, 0.29) is 5.97 Å². The molecule has 0 radical (unpaired) electrons. The highest BCUT2D eigenvalue weighted by atomic mass is 16.5. The van der Waals surface area contributed by atoms with Gasteiger partial charge in [0.25, 0.3) is 0 Å². The van der Waals surface area contributed by atoms with E-state index in [1.165, 1.54) is 22.8 Å². The van der Waals surface area contributed by atoms with Crippen LogP contribution < -0.4 is 0 Å². The van der Waals surface area contributed by atoms with Crippen LogP contribution in [0, 0.1) is 0 Å². The number of aryl methyl sites for hydroxylation is 1. The fourth-order valence-electron chi connectivity index (χ4n) is 2.16. The van der Waals surface area contributed by atoms with Gasteiger partial charge in [-0.1, -0.05) is 61.2 Å². The van der Waals surface area contributed by atoms with Crippen LogP contribution in [0.2, 0.25) is 0 Å². The molecule has 2 nitrogen and oxygen atoms in total. The number of rotatable bonds is 7. The normalized spacial score (nSPS) is 10.1. The van der Waals surface area contributed by atoms with Crippen molar-refractivity contribution in [1.29, 1.82) is 0 Å². The molecule has 0 saturated heterocycles. The predicted octanol–water partition coefficient (Wildman–Crippen LogP) is 4.41. The van der Waals surface area contributed by atoms with E-state index in [0.29, 0.717) is 6.61 Å². The second-order valence-electron chi connectivity index (χ2n) is 4.89. The van der Waals surface area contributed by atoms with Crippen molar-refractivity contribution >= 4 is 5.97 Å². The molecule has 0 saturated carbocycles. The Balaban J connectivity index is 1.78. The fraction of sp³-hybridized carbons (Fsp3) is 0.211. The van der Waals surface area contributed by atoms with E-state index in [9.17, 15) is 4.79 Å². The number of carbonyl (C=O) groups is 1. The standard InChI is InChI=1S/C19H20O2/c1-2-19(20)21-15-7-6-8-16-11-13-18(14-12-16)17-9-4-3-5-10-17/h2-5,9-14H,1,6-8,15H2. The Bertz CT molecular complexity index is 570. The lowest BCUT2D eigenvalue weighted by molar-refractivity contribution is -0.137. The molecule has 0 aromatic heterocycles. The van der Waals surface area contributed by atoms with Crippen LogP contribution in [0.1, 0.15) is 18.4 Å². The second kappa shape index (κ2) is 8.05. The van der Waals surface area contributed by atoms with Gasteiger partial charge in [-0.15, -0.1) is 0 Å². The topological polar surface area (TPSA) is 26.3 Å². The summed E-state index contributed by atoms with van der Waals surface area (Å²) in [7, 11) is 0. The van der Waals surface area contributed by atoms with Gasteiger partial charge in [-0.3, -0.25) is 0 Å². The molecule has 2 aromatic rings. The highest BCUT2D eigenvalue weighted by Crippen LogP contribution is 2.19. The van der Waals surface area contributed by atoms with Crippen LogP contribution in [-0.4, -0.2) is 12.6 Å². The van der Waals surface area contributed by atoms with Gasteiger partial charge in [0.2, 0.25) is 0 Å². The third-order valence-electron chi connectivity index (χ3n) is 3.33. The third kappa shape index (κ3) is 4.92. The maximum absolute atomic E-state index is 10.9. The van der Waals surface area contributed by atoms with Gasteiger partial charge in [-0.25, -0.2) is 4.79 Å². The van der Waals surface area contributed by atoms with Crippen molar-refractivity contribution in [3.63, 3.8) is 0 Å². The maximum Gasteiger partial charge on any atom is 0.330 e. The minimum atomic E-state index is -0.345. The van der Waals surface area contributed by atoms with Crippen molar-refractivity contribution in [1.82, 2.24) is 0 Å². The molecule has 0 bridgehead atoms. The summed E-state index contributed by atoms with van der Waals surface area (Å²) in [5.74, 6) is -0.345. The molecule has 2 rings (SSSR count). The van der Waals surface area contributed by atoms with Crippen LogP contribution in [0.4, 0.5) is 0 Å². The summed E-state index contributed by atoms with van der Waals surface area (Å²) in [6, 6.07) is 19.0. The summed E-state index contributed by atoms with van der Waals surface area (Å²) < 4.78 is 4.95. The van der Waals surface area contributed by atoms with E-state index < -0.39 is 0 Å². The molecular weight excluding hydrogens is 260 g/mol. The van der Waals surface area contributed by atoms with Gasteiger partial charge in [0.15, 0.2) is 0 Å². The van der Waals surface area contributed by atoms with E-state index in [1.807, 2.05) is 18.2 Å². The van der Waals surface area contributed by atoms with Crippen molar-refractivity contribution in [3.05, 3.63) is 72.8 Å². The van der Waals surface area contributed by atoms with Gasteiger partial charge in [0, 0.05) is 6.08 Å². The first-order valence-corrected chi connectivity index (χ1v) is 7.23. The number of hydrogen-bond donors (Lipinski definition) is 0. The second-order valence-corrected chi connectivity index (χ2v) is 4.89. The van der Waals surface area contributed by atoms with E-state index in [1.54, 1.807) is 0 Å². The van der Waals surface area contributed by atoms with Crippen LogP contribution in [0.3, 0.4) is 0 Å². The number of ether oxygens (including phenoxy) is 1. The van der Waals surface area contributed by atoms with Crippen LogP contribution in [0.15, 0.2) is 67.3 Å². The lowest BCUT2D eigenvalue weighted by Crippen LogP contribution is -2.02. The first-order chi connectivity index (χ1) is 10.3. The molecular formula is C19H20O2. The summed E-state index contributed by atoms with van der Waals surface area (Å²) in [6.07, 6.45) is 4.08. The Kier molecular flexibility index (Phi) is 5.77. The smallest absolute Gasteiger partial charge is 0.330 e. The van der Waals surface area contributed by atoms with E-state index in [4.69, 9.17) is 4.74 Å². The molecule has 21 heavy (non-hydrogen) atoms. The highest BCUT2D eigenvalue weighted by Gasteiger charge is 1.99. The average Bonchev–Trinajstić information content (AvgIpc) is 2.55. The van der Waals surface area contributed by atoms with E-state index in [2.05, 4.69) is 43.0 Å². The zero-order chi connectivity index (χ0) is 14.9. The Hall–Kier alpha value is -2.35. The Morgan fingerprint density at radius 1 is 0.952 bits per heavy atom. The zero-order valence-corrected chi connectivity index (χ0v) is 12.1. The first-order valence-electron chi connectivity index (χ1n) is 7.23. The maximum atomic E-state index is 10.9. The summed E-state index contributed by atoms with van der Waals surface area (Å²) in [5, 5.41) is 0. The lowest BCUT2D eigenvalue weighted by atomic mass is 10.0. The number of unbranched alkanes of at least 4 members (excludes halogenated alkanes) is 1. The van der Waals surface area contributed by atoms with Crippen molar-refractivity contribution in [2.75, 3.05) is 6.61 Å². The minimum Gasteiger partial charge on any atom is -0.463 e. The van der Waals surface area contributed by atoms with Gasteiger partial charge in [-0.05, 0) is 36.0 Å². The van der Waals surface area contributed by atoms with Gasteiger partial charge in [-0.2, -0.15) is 0 Å². The molecule has 2 heteroatoms. The van der Waals surface area contributed by atoms with Crippen LogP contribution in [0.5, 0.6) is 0 Å². The first kappa shape index (κ1) is 15.0. The molecule has 0 aliphatic heterocycles. The number of hydrogen-bond acceptors (Lipinski definition) is 2. The molecule has 0 atom stereocenters. The van der Waals surface area contributed by atoms with Crippen molar-refractivity contribution in [2.24, 2.45) is 0 Å². The van der Waals surface area contributed by atoms with Crippen LogP contribution in [-0.2, 0) is 16.0 Å². The number of benzene rings is 2. The quantitative estimate of drug-likeness (QED) is 0.427.